The molecule has 0 saturated heterocycles. The minimum Gasteiger partial charge on any atom is -0.250 e. The molecule has 0 amide bonds. The Bertz CT molecular complexity index is 589. The maximum Gasteiger partial charge on any atom is 0.298 e. The third-order valence-electron chi connectivity index (χ3n) is 3.05. The van der Waals surface area contributed by atoms with Gasteiger partial charge in [0.2, 0.25) is 0 Å². The van der Waals surface area contributed by atoms with Crippen LogP contribution in [0.4, 0.5) is 0 Å². The second-order valence-corrected chi connectivity index (χ2v) is 7.02. The molecule has 0 radical (unpaired) electrons. The Morgan fingerprint density at radius 2 is 1.81 bits per heavy atom. The molecule has 0 N–H and O–H groups in total. The molecule has 1 unspecified atom stereocenters. The average molecular weight is 308 g/mol. The van der Waals surface area contributed by atoms with Crippen LogP contribution in [0.25, 0.3) is 0 Å². The number of unbranched alkanes of at least 4 members (excludes halogenated alkanes) is 2. The SMILES string of the molecule is CCCCC#CC(OS(=O)(=O)c1ccc(C)cc1)C(C)C. The van der Waals surface area contributed by atoms with Gasteiger partial charge in [0.25, 0.3) is 10.1 Å². The monoisotopic (exact) mass is 308 g/mol. The summed E-state index contributed by atoms with van der Waals surface area (Å²) in [6.45, 7) is 7.82. The second-order valence-electron chi connectivity index (χ2n) is 5.45. The number of aryl methyl sites for hydroxylation is 1. The summed E-state index contributed by atoms with van der Waals surface area (Å²) < 4.78 is 29.8. The van der Waals surface area contributed by atoms with E-state index < -0.39 is 16.2 Å². The standard InChI is InChI=1S/C17H24O3S/c1-5-6-7-8-9-17(14(2)3)20-21(18,19)16-12-10-15(4)11-13-16/h10-14,17H,5-7H2,1-4H3. The van der Waals surface area contributed by atoms with Crippen LogP contribution in [0.15, 0.2) is 29.2 Å². The van der Waals surface area contributed by atoms with E-state index in [0.717, 1.165) is 24.8 Å². The van der Waals surface area contributed by atoms with Crippen molar-refractivity contribution in [3.05, 3.63) is 29.8 Å². The van der Waals surface area contributed by atoms with E-state index in [-0.39, 0.29) is 10.8 Å². The van der Waals surface area contributed by atoms with E-state index in [0.29, 0.717) is 0 Å². The maximum atomic E-state index is 12.3. The molecule has 0 aromatic heterocycles. The fourth-order valence-corrected chi connectivity index (χ4v) is 2.76. The first-order valence-electron chi connectivity index (χ1n) is 7.35. The topological polar surface area (TPSA) is 43.4 Å². The van der Waals surface area contributed by atoms with Crippen LogP contribution in [0.3, 0.4) is 0 Å². The fourth-order valence-electron chi connectivity index (χ4n) is 1.64. The normalized spacial score (nSPS) is 12.8. The molecule has 0 saturated carbocycles. The third-order valence-corrected chi connectivity index (χ3v) is 4.36. The molecule has 1 aromatic rings. The highest BCUT2D eigenvalue weighted by atomic mass is 32.2. The Morgan fingerprint density at radius 1 is 1.19 bits per heavy atom. The van der Waals surface area contributed by atoms with Gasteiger partial charge in [-0.3, -0.25) is 0 Å². The molecule has 1 atom stereocenters. The Kier molecular flexibility index (Phi) is 6.94. The van der Waals surface area contributed by atoms with Gasteiger partial charge >= 0.3 is 0 Å². The van der Waals surface area contributed by atoms with E-state index in [9.17, 15) is 8.42 Å². The summed E-state index contributed by atoms with van der Waals surface area (Å²) in [5.74, 6) is 5.96. The molecule has 1 rings (SSSR count). The highest BCUT2D eigenvalue weighted by Gasteiger charge is 2.22. The highest BCUT2D eigenvalue weighted by Crippen LogP contribution is 2.18. The summed E-state index contributed by atoms with van der Waals surface area (Å²) in [4.78, 5) is 0.175. The lowest BCUT2D eigenvalue weighted by Gasteiger charge is -2.15. The molecule has 3 nitrogen and oxygen atoms in total. The Balaban J connectivity index is 2.86. The average Bonchev–Trinajstić information content (AvgIpc) is 2.42. The van der Waals surface area contributed by atoms with Crippen molar-refractivity contribution in [1.82, 2.24) is 0 Å². The summed E-state index contributed by atoms with van der Waals surface area (Å²) in [6, 6.07) is 6.64. The van der Waals surface area contributed by atoms with Crippen molar-refractivity contribution in [2.75, 3.05) is 0 Å². The predicted octanol–water partition coefficient (Wildman–Crippen LogP) is 3.92. The van der Waals surface area contributed by atoms with Crippen LogP contribution in [0.2, 0.25) is 0 Å². The number of hydrogen-bond acceptors (Lipinski definition) is 3. The molecule has 21 heavy (non-hydrogen) atoms. The van der Waals surface area contributed by atoms with Gasteiger partial charge in [-0.05, 0) is 31.4 Å². The molecule has 0 aliphatic carbocycles. The molecule has 0 spiro atoms. The summed E-state index contributed by atoms with van der Waals surface area (Å²) in [6.07, 6.45) is 2.26. The van der Waals surface area contributed by atoms with Gasteiger partial charge in [-0.25, -0.2) is 4.18 Å². The van der Waals surface area contributed by atoms with Crippen LogP contribution in [0, 0.1) is 24.7 Å². The molecule has 0 aliphatic rings. The highest BCUT2D eigenvalue weighted by molar-refractivity contribution is 7.86. The zero-order valence-electron chi connectivity index (χ0n) is 13.2. The molecule has 0 bridgehead atoms. The molecule has 4 heteroatoms. The van der Waals surface area contributed by atoms with Crippen LogP contribution >= 0.6 is 0 Å². The van der Waals surface area contributed by atoms with E-state index in [4.69, 9.17) is 4.18 Å². The van der Waals surface area contributed by atoms with Gasteiger partial charge in [0.05, 0.1) is 4.90 Å². The molecule has 0 fully saturated rings. The van der Waals surface area contributed by atoms with Crippen LogP contribution < -0.4 is 0 Å². The summed E-state index contributed by atoms with van der Waals surface area (Å²) in [7, 11) is -3.77. The van der Waals surface area contributed by atoms with E-state index in [1.54, 1.807) is 24.3 Å². The summed E-state index contributed by atoms with van der Waals surface area (Å²) in [5.41, 5.74) is 1.01. The first-order valence-corrected chi connectivity index (χ1v) is 8.76. The van der Waals surface area contributed by atoms with Crippen LogP contribution in [0.1, 0.15) is 45.6 Å². The largest absolute Gasteiger partial charge is 0.298 e. The van der Waals surface area contributed by atoms with Crippen LogP contribution in [-0.2, 0) is 14.3 Å². The zero-order chi connectivity index (χ0) is 15.9. The van der Waals surface area contributed by atoms with Crippen molar-refractivity contribution < 1.29 is 12.6 Å². The summed E-state index contributed by atoms with van der Waals surface area (Å²) >= 11 is 0. The van der Waals surface area contributed by atoms with Gasteiger partial charge in [0, 0.05) is 6.42 Å². The van der Waals surface area contributed by atoms with Gasteiger partial charge in [-0.2, -0.15) is 8.42 Å². The molecule has 1 aromatic carbocycles. The molecule has 0 aliphatic heterocycles. The summed E-state index contributed by atoms with van der Waals surface area (Å²) in [5, 5.41) is 0. The smallest absolute Gasteiger partial charge is 0.250 e. The van der Waals surface area contributed by atoms with Crippen molar-refractivity contribution in [3.63, 3.8) is 0 Å². The third kappa shape index (κ3) is 5.91. The van der Waals surface area contributed by atoms with Gasteiger partial charge in [-0.15, -0.1) is 5.92 Å². The van der Waals surface area contributed by atoms with Crippen LogP contribution in [-0.4, -0.2) is 14.5 Å². The molecule has 116 valence electrons. The van der Waals surface area contributed by atoms with E-state index in [1.807, 2.05) is 20.8 Å². The van der Waals surface area contributed by atoms with Gasteiger partial charge in [0.15, 0.2) is 0 Å². The Morgan fingerprint density at radius 3 is 2.33 bits per heavy atom. The minimum atomic E-state index is -3.77. The van der Waals surface area contributed by atoms with Crippen molar-refractivity contribution in [2.24, 2.45) is 5.92 Å². The van der Waals surface area contributed by atoms with Crippen LogP contribution in [0.5, 0.6) is 0 Å². The van der Waals surface area contributed by atoms with Crippen molar-refractivity contribution in [2.45, 2.75) is 58.0 Å². The van der Waals surface area contributed by atoms with Gasteiger partial charge in [-0.1, -0.05) is 50.8 Å². The zero-order valence-corrected chi connectivity index (χ0v) is 14.0. The van der Waals surface area contributed by atoms with Crippen molar-refractivity contribution in [3.8, 4) is 11.8 Å². The molecular formula is C17H24O3S. The first-order chi connectivity index (χ1) is 9.86. The molecule has 0 heterocycles. The Hall–Kier alpha value is -1.31. The van der Waals surface area contributed by atoms with Gasteiger partial charge in [0.1, 0.15) is 6.10 Å². The number of hydrogen-bond donors (Lipinski definition) is 0. The van der Waals surface area contributed by atoms with E-state index >= 15 is 0 Å². The quantitative estimate of drug-likeness (QED) is 0.454. The predicted molar refractivity (Wildman–Crippen MR) is 85.4 cm³/mol. The van der Waals surface area contributed by atoms with Crippen molar-refractivity contribution in [1.29, 1.82) is 0 Å². The minimum absolute atomic E-state index is 0.0133. The van der Waals surface area contributed by atoms with Crippen molar-refractivity contribution >= 4 is 10.1 Å². The molecular weight excluding hydrogens is 284 g/mol. The lowest BCUT2D eigenvalue weighted by atomic mass is 10.1. The van der Waals surface area contributed by atoms with Gasteiger partial charge < -0.3 is 0 Å². The van der Waals surface area contributed by atoms with E-state index in [1.165, 1.54) is 0 Å². The van der Waals surface area contributed by atoms with E-state index in [2.05, 4.69) is 18.8 Å². The Labute approximate surface area is 128 Å². The lowest BCUT2D eigenvalue weighted by molar-refractivity contribution is 0.213. The first kappa shape index (κ1) is 17.7. The fraction of sp³-hybridized carbons (Fsp3) is 0.529. The lowest BCUT2D eigenvalue weighted by Crippen LogP contribution is -2.22. The number of rotatable bonds is 6. The number of benzene rings is 1. The maximum absolute atomic E-state index is 12.3. The second kappa shape index (κ2) is 8.21.